The molecule has 208 valence electrons. The Hall–Kier alpha value is -4.76. The summed E-state index contributed by atoms with van der Waals surface area (Å²) in [6, 6.07) is 34.0. The number of carbonyl (C=O) groups is 1. The molecule has 1 N–H and O–H groups in total. The van der Waals surface area contributed by atoms with Crippen LogP contribution in [0, 0.1) is 18.3 Å². The van der Waals surface area contributed by atoms with Crippen LogP contribution in [0.25, 0.3) is 16.8 Å². The minimum Gasteiger partial charge on any atom is -0.489 e. The summed E-state index contributed by atoms with van der Waals surface area (Å²) in [5, 5.41) is 15.4. The first-order valence-electron chi connectivity index (χ1n) is 13.2. The van der Waals surface area contributed by atoms with E-state index in [2.05, 4.69) is 5.32 Å². The Labute approximate surface area is 254 Å². The standard InChI is InChI=1S/C35H26Cl2N2O3/c1-23-6-8-24(9-7-23)21-41-29-14-12-28(13-15-29)39-35(40)27(20-38)19-31-30-5-3-2-4-26(30)11-17-34(31)42-22-25-10-16-32(36)33(37)18-25/h2-19H,21-22H2,1H3,(H,39,40)/b27-19+. The minimum atomic E-state index is -0.533. The molecule has 5 rings (SSSR count). The maximum absolute atomic E-state index is 13.2. The van der Waals surface area contributed by atoms with Crippen molar-refractivity contribution in [3.8, 4) is 17.6 Å². The predicted molar refractivity (Wildman–Crippen MR) is 169 cm³/mol. The largest absolute Gasteiger partial charge is 0.489 e. The van der Waals surface area contributed by atoms with Crippen LogP contribution in [0.3, 0.4) is 0 Å². The van der Waals surface area contributed by atoms with Crippen LogP contribution in [0.2, 0.25) is 10.0 Å². The van der Waals surface area contributed by atoms with Crippen molar-refractivity contribution < 1.29 is 14.3 Å². The average Bonchev–Trinajstić information content (AvgIpc) is 3.01. The fourth-order valence-electron chi connectivity index (χ4n) is 4.32. The van der Waals surface area contributed by atoms with Gasteiger partial charge in [-0.25, -0.2) is 0 Å². The molecular weight excluding hydrogens is 567 g/mol. The zero-order valence-electron chi connectivity index (χ0n) is 22.7. The number of aryl methyl sites for hydroxylation is 1. The van der Waals surface area contributed by atoms with Gasteiger partial charge in [0.05, 0.1) is 10.0 Å². The van der Waals surface area contributed by atoms with Crippen molar-refractivity contribution in [1.82, 2.24) is 0 Å². The van der Waals surface area contributed by atoms with Gasteiger partial charge in [-0.15, -0.1) is 0 Å². The summed E-state index contributed by atoms with van der Waals surface area (Å²) in [5.74, 6) is 0.661. The third-order valence-electron chi connectivity index (χ3n) is 6.60. The molecule has 0 saturated heterocycles. The molecule has 5 nitrogen and oxygen atoms in total. The first-order valence-corrected chi connectivity index (χ1v) is 14.0. The molecule has 0 aromatic heterocycles. The number of nitrogens with zero attached hydrogens (tertiary/aromatic N) is 1. The van der Waals surface area contributed by atoms with E-state index in [0.29, 0.717) is 39.4 Å². The molecule has 0 bridgehead atoms. The van der Waals surface area contributed by atoms with Crippen LogP contribution >= 0.6 is 23.2 Å². The topological polar surface area (TPSA) is 71.3 Å². The van der Waals surface area contributed by atoms with E-state index in [4.69, 9.17) is 32.7 Å². The summed E-state index contributed by atoms with van der Waals surface area (Å²) in [5.41, 5.74) is 4.19. The molecule has 0 unspecified atom stereocenters. The molecule has 0 aliphatic rings. The zero-order valence-corrected chi connectivity index (χ0v) is 24.2. The van der Waals surface area contributed by atoms with E-state index in [1.165, 1.54) is 5.56 Å². The van der Waals surface area contributed by atoms with Gasteiger partial charge in [0.2, 0.25) is 0 Å². The van der Waals surface area contributed by atoms with E-state index >= 15 is 0 Å². The van der Waals surface area contributed by atoms with E-state index in [0.717, 1.165) is 21.9 Å². The highest BCUT2D eigenvalue weighted by Gasteiger charge is 2.14. The maximum atomic E-state index is 13.2. The molecule has 0 aliphatic carbocycles. The number of carbonyl (C=O) groups excluding carboxylic acids is 1. The van der Waals surface area contributed by atoms with Crippen LogP contribution in [0.5, 0.6) is 11.5 Å². The molecule has 0 atom stereocenters. The van der Waals surface area contributed by atoms with Crippen LogP contribution in [-0.2, 0) is 18.0 Å². The SMILES string of the molecule is Cc1ccc(COc2ccc(NC(=O)/C(C#N)=C/c3c(OCc4ccc(Cl)c(Cl)c4)ccc4ccccc34)cc2)cc1. The Morgan fingerprint density at radius 1 is 0.833 bits per heavy atom. The molecule has 42 heavy (non-hydrogen) atoms. The zero-order chi connectivity index (χ0) is 29.5. The number of rotatable bonds is 9. The van der Waals surface area contributed by atoms with Gasteiger partial charge in [-0.2, -0.15) is 5.26 Å². The molecule has 0 heterocycles. The second-order valence-electron chi connectivity index (χ2n) is 9.66. The lowest BCUT2D eigenvalue weighted by atomic mass is 10.0. The molecule has 0 saturated carbocycles. The van der Waals surface area contributed by atoms with E-state index in [9.17, 15) is 10.1 Å². The number of hydrogen-bond acceptors (Lipinski definition) is 4. The van der Waals surface area contributed by atoms with Gasteiger partial charge in [0.25, 0.3) is 5.91 Å². The van der Waals surface area contributed by atoms with Crippen LogP contribution in [0.15, 0.2) is 109 Å². The number of benzene rings is 5. The summed E-state index contributed by atoms with van der Waals surface area (Å²) in [4.78, 5) is 13.2. The number of fused-ring (bicyclic) bond motifs is 1. The van der Waals surface area contributed by atoms with Crippen LogP contribution < -0.4 is 14.8 Å². The number of nitrogens with one attached hydrogen (secondary N) is 1. The number of hydrogen-bond donors (Lipinski definition) is 1. The second-order valence-corrected chi connectivity index (χ2v) is 10.5. The summed E-state index contributed by atoms with van der Waals surface area (Å²) in [6.45, 7) is 2.70. The second kappa shape index (κ2) is 13.3. The highest BCUT2D eigenvalue weighted by Crippen LogP contribution is 2.32. The van der Waals surface area contributed by atoms with Crippen molar-refractivity contribution in [1.29, 1.82) is 5.26 Å². The van der Waals surface area contributed by atoms with E-state index in [1.807, 2.05) is 79.7 Å². The number of ether oxygens (including phenoxy) is 2. The van der Waals surface area contributed by atoms with E-state index in [1.54, 1.807) is 42.5 Å². The molecule has 0 fully saturated rings. The van der Waals surface area contributed by atoms with Gasteiger partial charge in [0, 0.05) is 11.3 Å². The summed E-state index contributed by atoms with van der Waals surface area (Å²) in [6.07, 6.45) is 1.56. The Balaban J connectivity index is 1.33. The Bertz CT molecular complexity index is 1810. The van der Waals surface area contributed by atoms with Crippen molar-refractivity contribution in [3.63, 3.8) is 0 Å². The molecule has 0 spiro atoms. The average molecular weight is 594 g/mol. The van der Waals surface area contributed by atoms with Crippen molar-refractivity contribution >= 4 is 51.6 Å². The Morgan fingerprint density at radius 2 is 1.55 bits per heavy atom. The molecule has 7 heteroatoms. The normalized spacial score (nSPS) is 11.1. The smallest absolute Gasteiger partial charge is 0.266 e. The first-order chi connectivity index (χ1) is 20.4. The number of nitriles is 1. The molecule has 0 aliphatic heterocycles. The minimum absolute atomic E-state index is 0.0644. The highest BCUT2D eigenvalue weighted by atomic mass is 35.5. The van der Waals surface area contributed by atoms with Gasteiger partial charge in [-0.1, -0.05) is 89.4 Å². The summed E-state index contributed by atoms with van der Waals surface area (Å²) in [7, 11) is 0. The monoisotopic (exact) mass is 592 g/mol. The van der Waals surface area contributed by atoms with Gasteiger partial charge in [-0.3, -0.25) is 4.79 Å². The van der Waals surface area contributed by atoms with Crippen LogP contribution in [0.1, 0.15) is 22.3 Å². The lowest BCUT2D eigenvalue weighted by Crippen LogP contribution is -2.13. The third kappa shape index (κ3) is 7.11. The molecule has 5 aromatic rings. The Morgan fingerprint density at radius 3 is 2.29 bits per heavy atom. The van der Waals surface area contributed by atoms with Gasteiger partial charge in [0.15, 0.2) is 0 Å². The van der Waals surface area contributed by atoms with Crippen molar-refractivity contribution in [2.24, 2.45) is 0 Å². The third-order valence-corrected chi connectivity index (χ3v) is 7.34. The lowest BCUT2D eigenvalue weighted by molar-refractivity contribution is -0.112. The quantitative estimate of drug-likeness (QED) is 0.137. The fraction of sp³-hybridized carbons (Fsp3) is 0.0857. The number of anilines is 1. The van der Waals surface area contributed by atoms with Crippen molar-refractivity contribution in [2.45, 2.75) is 20.1 Å². The van der Waals surface area contributed by atoms with Crippen molar-refractivity contribution in [3.05, 3.63) is 141 Å². The fourth-order valence-corrected chi connectivity index (χ4v) is 4.64. The van der Waals surface area contributed by atoms with Crippen molar-refractivity contribution in [2.75, 3.05) is 5.32 Å². The van der Waals surface area contributed by atoms with Gasteiger partial charge < -0.3 is 14.8 Å². The summed E-state index contributed by atoms with van der Waals surface area (Å²) >= 11 is 12.2. The number of halogens is 2. The molecular formula is C35H26Cl2N2O3. The lowest BCUT2D eigenvalue weighted by Gasteiger charge is -2.13. The van der Waals surface area contributed by atoms with Gasteiger partial charge in [-0.05, 0) is 77.4 Å². The Kier molecular flexibility index (Phi) is 9.08. The highest BCUT2D eigenvalue weighted by molar-refractivity contribution is 6.42. The maximum Gasteiger partial charge on any atom is 0.266 e. The number of amides is 1. The molecule has 0 radical (unpaired) electrons. The van der Waals surface area contributed by atoms with Gasteiger partial charge in [0.1, 0.15) is 36.4 Å². The van der Waals surface area contributed by atoms with E-state index in [-0.39, 0.29) is 12.2 Å². The molecule has 1 amide bonds. The van der Waals surface area contributed by atoms with E-state index < -0.39 is 5.91 Å². The first kappa shape index (κ1) is 28.8. The van der Waals surface area contributed by atoms with Crippen LogP contribution in [0.4, 0.5) is 5.69 Å². The van der Waals surface area contributed by atoms with Gasteiger partial charge >= 0.3 is 0 Å². The summed E-state index contributed by atoms with van der Waals surface area (Å²) < 4.78 is 12.0. The molecule has 5 aromatic carbocycles. The predicted octanol–water partition coefficient (Wildman–Crippen LogP) is 9.16. The van der Waals surface area contributed by atoms with Crippen LogP contribution in [-0.4, -0.2) is 5.91 Å².